The number of methoxy groups -OCH3 is 2. The van der Waals surface area contributed by atoms with Crippen molar-refractivity contribution in [2.75, 3.05) is 14.2 Å². The molecule has 1 heterocycles. The number of hydrogen-bond donors (Lipinski definition) is 0. The van der Waals surface area contributed by atoms with Gasteiger partial charge < -0.3 is 9.47 Å². The van der Waals surface area contributed by atoms with Crippen LogP contribution >= 0.6 is 15.9 Å². The molecule has 0 aliphatic carbocycles. The molecule has 2 aromatic rings. The normalized spacial score (nSPS) is 10.6. The monoisotopic (exact) mass is 324 g/mol. The van der Waals surface area contributed by atoms with E-state index >= 15 is 0 Å². The van der Waals surface area contributed by atoms with E-state index in [1.807, 2.05) is 37.7 Å². The first-order chi connectivity index (χ1) is 8.99. The molecule has 0 amide bonds. The Bertz CT molecular complexity index is 620. The molecule has 0 fully saturated rings. The van der Waals surface area contributed by atoms with Crippen molar-refractivity contribution in [1.29, 1.82) is 0 Å². The minimum atomic E-state index is 0.807. The maximum absolute atomic E-state index is 5.48. The van der Waals surface area contributed by atoms with Gasteiger partial charge >= 0.3 is 0 Å². The van der Waals surface area contributed by atoms with Gasteiger partial charge in [0.1, 0.15) is 11.5 Å². The van der Waals surface area contributed by atoms with Crippen LogP contribution in [0.25, 0.3) is 11.3 Å². The van der Waals surface area contributed by atoms with E-state index in [2.05, 4.69) is 21.0 Å². The maximum atomic E-state index is 5.48. The summed E-state index contributed by atoms with van der Waals surface area (Å²) in [7, 11) is 5.25. The summed E-state index contributed by atoms with van der Waals surface area (Å²) in [4.78, 5) is 0. The van der Waals surface area contributed by atoms with Crippen LogP contribution in [0.1, 0.15) is 11.3 Å². The predicted molar refractivity (Wildman–Crippen MR) is 78.9 cm³/mol. The summed E-state index contributed by atoms with van der Waals surface area (Å²) in [6, 6.07) is 3.96. The van der Waals surface area contributed by atoms with E-state index in [0.29, 0.717) is 0 Å². The molecule has 0 unspecified atom stereocenters. The van der Waals surface area contributed by atoms with E-state index in [0.717, 1.165) is 38.5 Å². The van der Waals surface area contributed by atoms with E-state index in [4.69, 9.17) is 9.47 Å². The van der Waals surface area contributed by atoms with Crippen LogP contribution in [0, 0.1) is 13.8 Å². The summed E-state index contributed by atoms with van der Waals surface area (Å²) < 4.78 is 13.7. The Morgan fingerprint density at radius 2 is 1.74 bits per heavy atom. The lowest BCUT2D eigenvalue weighted by Gasteiger charge is -2.13. The fourth-order valence-corrected chi connectivity index (χ4v) is 2.71. The zero-order valence-electron chi connectivity index (χ0n) is 11.7. The quantitative estimate of drug-likeness (QED) is 0.867. The predicted octanol–water partition coefficient (Wildman–Crippen LogP) is 3.48. The third-order valence-corrected chi connectivity index (χ3v) is 4.07. The standard InChI is InChI=1S/C14H17BrN2O2/c1-8-6-12(19-5)10(7-11(8)18-4)14-13(15)9(2)16-17(14)3/h6-7H,1-5H3. The number of ether oxygens (including phenoxy) is 2. The van der Waals surface area contributed by atoms with Crippen molar-refractivity contribution in [2.24, 2.45) is 7.05 Å². The van der Waals surface area contributed by atoms with E-state index in [9.17, 15) is 0 Å². The van der Waals surface area contributed by atoms with Gasteiger partial charge in [-0.3, -0.25) is 4.68 Å². The lowest BCUT2D eigenvalue weighted by atomic mass is 10.1. The number of rotatable bonds is 3. The van der Waals surface area contributed by atoms with Crippen LogP contribution in [-0.2, 0) is 7.05 Å². The number of aromatic nitrogens is 2. The Hall–Kier alpha value is -1.49. The molecule has 0 aliphatic heterocycles. The summed E-state index contributed by atoms with van der Waals surface area (Å²) >= 11 is 3.59. The molecule has 4 nitrogen and oxygen atoms in total. The number of halogens is 1. The average Bonchev–Trinajstić information content (AvgIpc) is 2.63. The second-order valence-electron chi connectivity index (χ2n) is 4.39. The Labute approximate surface area is 121 Å². The molecule has 0 spiro atoms. The molecule has 2 rings (SSSR count). The van der Waals surface area contributed by atoms with Crippen LogP contribution in [0.3, 0.4) is 0 Å². The Kier molecular flexibility index (Phi) is 3.85. The molecule has 0 atom stereocenters. The fourth-order valence-electron chi connectivity index (χ4n) is 2.16. The Morgan fingerprint density at radius 3 is 2.21 bits per heavy atom. The highest BCUT2D eigenvalue weighted by Crippen LogP contribution is 2.39. The first-order valence-electron chi connectivity index (χ1n) is 5.91. The van der Waals surface area contributed by atoms with Gasteiger partial charge in [0.05, 0.1) is 30.1 Å². The zero-order chi connectivity index (χ0) is 14.2. The highest BCUT2D eigenvalue weighted by Gasteiger charge is 2.18. The molecule has 1 aromatic carbocycles. The molecule has 19 heavy (non-hydrogen) atoms. The summed E-state index contributed by atoms with van der Waals surface area (Å²) in [5.41, 5.74) is 3.92. The molecule has 0 bridgehead atoms. The van der Waals surface area contributed by atoms with Gasteiger partial charge in [-0.2, -0.15) is 5.10 Å². The number of benzene rings is 1. The molecular weight excluding hydrogens is 308 g/mol. The van der Waals surface area contributed by atoms with Gasteiger partial charge in [-0.1, -0.05) is 0 Å². The summed E-state index contributed by atoms with van der Waals surface area (Å²) in [5, 5.41) is 4.41. The average molecular weight is 325 g/mol. The molecule has 0 aliphatic rings. The van der Waals surface area contributed by atoms with Gasteiger partial charge in [-0.05, 0) is 47.5 Å². The van der Waals surface area contributed by atoms with Crippen molar-refractivity contribution >= 4 is 15.9 Å². The third-order valence-electron chi connectivity index (χ3n) is 3.12. The second kappa shape index (κ2) is 5.25. The van der Waals surface area contributed by atoms with Gasteiger partial charge in [-0.25, -0.2) is 0 Å². The zero-order valence-corrected chi connectivity index (χ0v) is 13.3. The number of hydrogen-bond acceptors (Lipinski definition) is 3. The molecule has 1 aromatic heterocycles. The van der Waals surface area contributed by atoms with E-state index in [1.54, 1.807) is 14.2 Å². The van der Waals surface area contributed by atoms with Gasteiger partial charge in [0.25, 0.3) is 0 Å². The van der Waals surface area contributed by atoms with Gasteiger partial charge in [-0.15, -0.1) is 0 Å². The molecule has 0 saturated heterocycles. The third kappa shape index (κ3) is 2.34. The smallest absolute Gasteiger partial charge is 0.128 e. The second-order valence-corrected chi connectivity index (χ2v) is 5.19. The van der Waals surface area contributed by atoms with Gasteiger partial charge in [0.2, 0.25) is 0 Å². The highest BCUT2D eigenvalue weighted by molar-refractivity contribution is 9.10. The molecule has 0 radical (unpaired) electrons. The first-order valence-corrected chi connectivity index (χ1v) is 6.71. The van der Waals surface area contributed by atoms with Crippen molar-refractivity contribution < 1.29 is 9.47 Å². The lowest BCUT2D eigenvalue weighted by molar-refractivity contribution is 0.401. The summed E-state index contributed by atoms with van der Waals surface area (Å²) in [6.07, 6.45) is 0. The van der Waals surface area contributed by atoms with Crippen LogP contribution in [0.5, 0.6) is 11.5 Å². The first kappa shape index (κ1) is 13.9. The van der Waals surface area contributed by atoms with E-state index < -0.39 is 0 Å². The lowest BCUT2D eigenvalue weighted by Crippen LogP contribution is -1.98. The Balaban J connectivity index is 2.73. The minimum absolute atomic E-state index is 0.807. The van der Waals surface area contributed by atoms with Crippen LogP contribution in [0.4, 0.5) is 0 Å². The molecule has 102 valence electrons. The molecule has 0 N–H and O–H groups in total. The van der Waals surface area contributed by atoms with E-state index in [-0.39, 0.29) is 0 Å². The van der Waals surface area contributed by atoms with Crippen LogP contribution in [0.2, 0.25) is 0 Å². The minimum Gasteiger partial charge on any atom is -0.496 e. The molecule has 0 saturated carbocycles. The maximum Gasteiger partial charge on any atom is 0.128 e. The SMILES string of the molecule is COc1cc(-c2c(Br)c(C)nn2C)c(OC)cc1C. The highest BCUT2D eigenvalue weighted by atomic mass is 79.9. The van der Waals surface area contributed by atoms with E-state index in [1.165, 1.54) is 0 Å². The Morgan fingerprint density at radius 1 is 1.11 bits per heavy atom. The van der Waals surface area contributed by atoms with Gasteiger partial charge in [0.15, 0.2) is 0 Å². The van der Waals surface area contributed by atoms with Gasteiger partial charge in [0, 0.05) is 12.6 Å². The molecular formula is C14H17BrN2O2. The van der Waals surface area contributed by atoms with Crippen LogP contribution < -0.4 is 9.47 Å². The van der Waals surface area contributed by atoms with Crippen molar-refractivity contribution in [3.8, 4) is 22.8 Å². The van der Waals surface area contributed by atoms with Crippen molar-refractivity contribution in [1.82, 2.24) is 9.78 Å². The topological polar surface area (TPSA) is 36.3 Å². The fraction of sp³-hybridized carbons (Fsp3) is 0.357. The number of nitrogens with zero attached hydrogens (tertiary/aromatic N) is 2. The van der Waals surface area contributed by atoms with Crippen molar-refractivity contribution in [3.05, 3.63) is 27.9 Å². The largest absolute Gasteiger partial charge is 0.496 e. The molecule has 5 heteroatoms. The van der Waals surface area contributed by atoms with Crippen molar-refractivity contribution in [3.63, 3.8) is 0 Å². The van der Waals surface area contributed by atoms with Crippen LogP contribution in [-0.4, -0.2) is 24.0 Å². The summed E-state index contributed by atoms with van der Waals surface area (Å²) in [6.45, 7) is 3.96. The summed E-state index contributed by atoms with van der Waals surface area (Å²) in [5.74, 6) is 1.64. The van der Waals surface area contributed by atoms with Crippen LogP contribution in [0.15, 0.2) is 16.6 Å². The van der Waals surface area contributed by atoms with Crippen molar-refractivity contribution in [2.45, 2.75) is 13.8 Å². The number of aryl methyl sites for hydroxylation is 3.